The third-order valence-corrected chi connectivity index (χ3v) is 7.39. The molecule has 15 heteroatoms. The number of ether oxygens (including phenoxy) is 2. The van der Waals surface area contributed by atoms with Gasteiger partial charge in [0.25, 0.3) is 17.3 Å². The lowest BCUT2D eigenvalue weighted by molar-refractivity contribution is -0.385. The Labute approximate surface area is 246 Å². The van der Waals surface area contributed by atoms with Gasteiger partial charge in [-0.25, -0.2) is 9.59 Å². The molecule has 14 nitrogen and oxygen atoms in total. The Morgan fingerprint density at radius 1 is 0.929 bits per heavy atom. The number of thiol groups is 1. The van der Waals surface area contributed by atoms with Gasteiger partial charge in [0.05, 0.1) is 21.9 Å². The molecule has 1 N–H and O–H groups in total. The number of amides is 3. The topological polar surface area (TPSA) is 174 Å². The number of alkyl carbamates (subject to hydrolysis) is 1. The van der Waals surface area contributed by atoms with E-state index in [-0.39, 0.29) is 60.5 Å². The normalized spacial score (nSPS) is 19.7. The fourth-order valence-corrected chi connectivity index (χ4v) is 5.14. The molecule has 2 saturated heterocycles. The molecule has 222 valence electrons. The molecular weight excluding hydrogens is 570 g/mol. The van der Waals surface area contributed by atoms with Gasteiger partial charge in [-0.05, 0) is 48.2 Å². The fourth-order valence-electron chi connectivity index (χ4n) is 4.77. The maximum absolute atomic E-state index is 13.3. The van der Waals surface area contributed by atoms with Crippen molar-refractivity contribution in [2.24, 2.45) is 0 Å². The molecule has 2 heterocycles. The van der Waals surface area contributed by atoms with Crippen LogP contribution in [0.5, 0.6) is 0 Å². The standard InChI is InChI=1S/C27H29N5O9S/c1-17(24-12-23(42)14-30(24)27(35)41-16-19-4-8-22(9-5-19)32(38)39)25(33)29-11-10-20(13-29)28-26(34)40-15-18-2-6-21(7-3-18)31(36)37/h2-9,20,23-24,42H,1,10-16H2,(H,28,34)/t20?,23-,24+/m0/s1. The summed E-state index contributed by atoms with van der Waals surface area (Å²) < 4.78 is 10.6. The smallest absolute Gasteiger partial charge is 0.410 e. The van der Waals surface area contributed by atoms with E-state index in [1.54, 1.807) is 4.90 Å². The van der Waals surface area contributed by atoms with Crippen molar-refractivity contribution in [3.8, 4) is 0 Å². The van der Waals surface area contributed by atoms with Crippen molar-refractivity contribution in [1.29, 1.82) is 0 Å². The third kappa shape index (κ3) is 7.54. The van der Waals surface area contributed by atoms with Crippen molar-refractivity contribution >= 4 is 42.1 Å². The van der Waals surface area contributed by atoms with E-state index in [9.17, 15) is 34.6 Å². The van der Waals surface area contributed by atoms with E-state index >= 15 is 0 Å². The maximum Gasteiger partial charge on any atom is 0.410 e. The second-order valence-corrected chi connectivity index (χ2v) is 10.7. The van der Waals surface area contributed by atoms with E-state index < -0.39 is 28.1 Å². The van der Waals surface area contributed by atoms with E-state index in [4.69, 9.17) is 9.47 Å². The van der Waals surface area contributed by atoms with Gasteiger partial charge in [-0.3, -0.25) is 29.9 Å². The number of carbonyl (C=O) groups excluding carboxylic acids is 3. The summed E-state index contributed by atoms with van der Waals surface area (Å²) in [5, 5.41) is 24.1. The number of benzene rings is 2. The average molecular weight is 600 g/mol. The Kier molecular flexibility index (Phi) is 9.62. The van der Waals surface area contributed by atoms with Gasteiger partial charge in [-0.1, -0.05) is 6.58 Å². The second kappa shape index (κ2) is 13.3. The van der Waals surface area contributed by atoms with Crippen LogP contribution in [-0.4, -0.2) is 74.7 Å². The maximum atomic E-state index is 13.3. The van der Waals surface area contributed by atoms with E-state index in [0.717, 1.165) is 0 Å². The zero-order valence-electron chi connectivity index (χ0n) is 22.4. The number of carbonyl (C=O) groups is 3. The van der Waals surface area contributed by atoms with Crippen LogP contribution in [0.25, 0.3) is 0 Å². The molecule has 0 aromatic heterocycles. The van der Waals surface area contributed by atoms with Gasteiger partial charge in [0.2, 0.25) is 0 Å². The molecule has 2 aliphatic heterocycles. The number of nitrogens with zero attached hydrogens (tertiary/aromatic N) is 4. The summed E-state index contributed by atoms with van der Waals surface area (Å²) in [6.45, 7) is 4.65. The molecule has 3 atom stereocenters. The van der Waals surface area contributed by atoms with Gasteiger partial charge < -0.3 is 19.7 Å². The molecule has 2 aromatic rings. The molecule has 2 fully saturated rings. The molecule has 3 amide bonds. The van der Waals surface area contributed by atoms with Gasteiger partial charge in [0.1, 0.15) is 13.2 Å². The molecule has 0 radical (unpaired) electrons. The van der Waals surface area contributed by atoms with Crippen LogP contribution < -0.4 is 5.32 Å². The molecule has 2 aromatic carbocycles. The summed E-state index contributed by atoms with van der Waals surface area (Å²) in [6, 6.07) is 10.3. The predicted octanol–water partition coefficient (Wildman–Crippen LogP) is 3.60. The van der Waals surface area contributed by atoms with Crippen LogP contribution in [0.4, 0.5) is 21.0 Å². The van der Waals surface area contributed by atoms with Crippen LogP contribution in [0.15, 0.2) is 60.7 Å². The monoisotopic (exact) mass is 599 g/mol. The average Bonchev–Trinajstić information content (AvgIpc) is 3.61. The number of nitro benzene ring substituents is 2. The molecule has 42 heavy (non-hydrogen) atoms. The highest BCUT2D eigenvalue weighted by Gasteiger charge is 2.40. The molecular formula is C27H29N5O9S. The number of rotatable bonds is 9. The molecule has 0 saturated carbocycles. The minimum atomic E-state index is -0.679. The Morgan fingerprint density at radius 3 is 2.02 bits per heavy atom. The SMILES string of the molecule is C=C(C(=O)N1CCC(NC(=O)OCc2ccc([N+](=O)[O-])cc2)C1)[C@H]1C[C@H](S)CN1C(=O)OCc1ccc([N+](=O)[O-])cc1. The number of nitro groups is 2. The minimum absolute atomic E-state index is 0.0646. The van der Waals surface area contributed by atoms with Gasteiger partial charge in [-0.15, -0.1) is 0 Å². The van der Waals surface area contributed by atoms with Gasteiger partial charge in [-0.2, -0.15) is 12.6 Å². The molecule has 0 bridgehead atoms. The molecule has 0 aliphatic carbocycles. The quantitative estimate of drug-likeness (QED) is 0.189. The zero-order chi connectivity index (χ0) is 30.4. The van der Waals surface area contributed by atoms with Crippen LogP contribution in [0.3, 0.4) is 0 Å². The summed E-state index contributed by atoms with van der Waals surface area (Å²) in [5.41, 5.74) is 1.23. The lowest BCUT2D eigenvalue weighted by Crippen LogP contribution is -2.43. The summed E-state index contributed by atoms with van der Waals surface area (Å²) in [4.78, 5) is 61.9. The minimum Gasteiger partial charge on any atom is -0.445 e. The van der Waals surface area contributed by atoms with Crippen LogP contribution in [0, 0.1) is 20.2 Å². The first-order valence-electron chi connectivity index (χ1n) is 13.0. The van der Waals surface area contributed by atoms with E-state index in [1.165, 1.54) is 53.4 Å². The largest absolute Gasteiger partial charge is 0.445 e. The first-order valence-corrected chi connectivity index (χ1v) is 13.5. The molecule has 2 aliphatic rings. The summed E-state index contributed by atoms with van der Waals surface area (Å²) in [5.74, 6) is -0.348. The van der Waals surface area contributed by atoms with Crippen LogP contribution >= 0.6 is 12.6 Å². The fraction of sp³-hybridized carbons (Fsp3) is 0.370. The van der Waals surface area contributed by atoms with Gasteiger partial charge in [0, 0.05) is 54.7 Å². The number of likely N-dealkylation sites (tertiary alicyclic amines) is 2. The van der Waals surface area contributed by atoms with Gasteiger partial charge in [0.15, 0.2) is 0 Å². The van der Waals surface area contributed by atoms with Crippen LogP contribution in [-0.2, 0) is 27.5 Å². The van der Waals surface area contributed by atoms with E-state index in [0.29, 0.717) is 30.5 Å². The van der Waals surface area contributed by atoms with E-state index in [2.05, 4.69) is 24.5 Å². The highest BCUT2D eigenvalue weighted by Crippen LogP contribution is 2.29. The summed E-state index contributed by atoms with van der Waals surface area (Å²) in [6.07, 6.45) is -0.431. The third-order valence-electron chi connectivity index (χ3n) is 7.01. The van der Waals surface area contributed by atoms with Gasteiger partial charge >= 0.3 is 12.2 Å². The lowest BCUT2D eigenvalue weighted by Gasteiger charge is -2.27. The van der Waals surface area contributed by atoms with Crippen molar-refractivity contribution in [2.45, 2.75) is 43.4 Å². The molecule has 1 unspecified atom stereocenters. The Morgan fingerprint density at radius 2 is 1.48 bits per heavy atom. The Balaban J connectivity index is 1.25. The first kappa shape index (κ1) is 30.3. The van der Waals surface area contributed by atoms with Crippen molar-refractivity contribution in [3.05, 3.63) is 92.0 Å². The van der Waals surface area contributed by atoms with E-state index in [1.807, 2.05) is 0 Å². The Bertz CT molecular complexity index is 1370. The Hall–Kier alpha value is -4.66. The van der Waals surface area contributed by atoms with Crippen LogP contribution in [0.1, 0.15) is 24.0 Å². The highest BCUT2D eigenvalue weighted by atomic mass is 32.1. The van der Waals surface area contributed by atoms with Crippen molar-refractivity contribution in [2.75, 3.05) is 19.6 Å². The molecule has 0 spiro atoms. The molecule has 4 rings (SSSR count). The second-order valence-electron chi connectivity index (χ2n) is 9.94. The summed E-state index contributed by atoms with van der Waals surface area (Å²) >= 11 is 4.49. The zero-order valence-corrected chi connectivity index (χ0v) is 23.3. The van der Waals surface area contributed by atoms with Crippen molar-refractivity contribution < 1.29 is 33.7 Å². The number of nitrogens with one attached hydrogen (secondary N) is 1. The van der Waals surface area contributed by atoms with Crippen LogP contribution in [0.2, 0.25) is 0 Å². The number of hydrogen-bond donors (Lipinski definition) is 2. The highest BCUT2D eigenvalue weighted by molar-refractivity contribution is 7.81. The van der Waals surface area contributed by atoms with Crippen molar-refractivity contribution in [3.63, 3.8) is 0 Å². The predicted molar refractivity (Wildman–Crippen MR) is 152 cm³/mol. The number of hydrogen-bond acceptors (Lipinski definition) is 10. The number of non-ortho nitro benzene ring substituents is 2. The first-order chi connectivity index (χ1) is 20.0. The lowest BCUT2D eigenvalue weighted by atomic mass is 10.1. The van der Waals surface area contributed by atoms with Crippen molar-refractivity contribution in [1.82, 2.24) is 15.1 Å². The summed E-state index contributed by atoms with van der Waals surface area (Å²) in [7, 11) is 0.